The molecule has 3 rings (SSSR count). The molecule has 0 spiro atoms. The van der Waals surface area contributed by atoms with Crippen molar-refractivity contribution in [2.24, 2.45) is 0 Å². The maximum Gasteiger partial charge on any atom is 0.365 e. The normalized spacial score (nSPS) is 34.0. The molecule has 0 aliphatic carbocycles. The molecule has 0 aromatic carbocycles. The molecule has 2 nitrogen and oxygen atoms in total. The van der Waals surface area contributed by atoms with Gasteiger partial charge in [0, 0.05) is 0 Å². The van der Waals surface area contributed by atoms with Gasteiger partial charge in [-0.25, -0.2) is 0 Å². The summed E-state index contributed by atoms with van der Waals surface area (Å²) >= 11 is 0. The van der Waals surface area contributed by atoms with E-state index < -0.39 is 18.6 Å². The van der Waals surface area contributed by atoms with Crippen LogP contribution in [0.4, 0.5) is 0 Å². The summed E-state index contributed by atoms with van der Waals surface area (Å²) in [6, 6.07) is 2.53. The average Bonchev–Trinajstić information content (AvgIpc) is 1.72. The van der Waals surface area contributed by atoms with Crippen molar-refractivity contribution in [1.29, 1.82) is 0 Å². The maximum atomic E-state index is 5.23. The second-order valence-corrected chi connectivity index (χ2v) is 5.57. The van der Waals surface area contributed by atoms with E-state index in [1.54, 1.807) is 0 Å². The van der Waals surface area contributed by atoms with Gasteiger partial charge in [-0.2, -0.15) is 0 Å². The fourth-order valence-electron chi connectivity index (χ4n) is 0.670. The molecular formula is C2H4O2Si2. The van der Waals surface area contributed by atoms with Gasteiger partial charge in [0.05, 0.1) is 0 Å². The lowest BCUT2D eigenvalue weighted by Crippen LogP contribution is -2.38. The highest BCUT2D eigenvalue weighted by Crippen LogP contribution is 2.28. The lowest BCUT2D eigenvalue weighted by Gasteiger charge is -2.19. The van der Waals surface area contributed by atoms with Crippen LogP contribution in [0.5, 0.6) is 0 Å². The molecule has 2 bridgehead atoms. The van der Waals surface area contributed by atoms with Crippen molar-refractivity contribution in [3.63, 3.8) is 0 Å². The van der Waals surface area contributed by atoms with Crippen molar-refractivity contribution in [1.82, 2.24) is 0 Å². The van der Waals surface area contributed by atoms with E-state index in [9.17, 15) is 0 Å². The predicted octanol–water partition coefficient (Wildman–Crippen LogP) is 0.0232. The van der Waals surface area contributed by atoms with Gasteiger partial charge in [0.25, 0.3) is 0 Å². The summed E-state index contributed by atoms with van der Waals surface area (Å²) in [6.45, 7) is 0. The summed E-state index contributed by atoms with van der Waals surface area (Å²) in [5.41, 5.74) is 0. The molecule has 0 aromatic rings. The number of rotatable bonds is 0. The molecule has 3 heterocycles. The van der Waals surface area contributed by atoms with Gasteiger partial charge in [-0.15, -0.1) is 0 Å². The Kier molecular flexibility index (Phi) is 0.531. The van der Waals surface area contributed by atoms with E-state index in [2.05, 4.69) is 0 Å². The predicted molar refractivity (Wildman–Crippen MR) is 23.3 cm³/mol. The smallest absolute Gasteiger partial charge is 0.365 e. The van der Waals surface area contributed by atoms with Crippen molar-refractivity contribution < 1.29 is 8.23 Å². The lowest BCUT2D eigenvalue weighted by molar-refractivity contribution is 0.310. The first-order chi connectivity index (χ1) is 2.95. The number of hydrogen-bond acceptors (Lipinski definition) is 2. The molecule has 0 N–H and O–H groups in total. The van der Waals surface area contributed by atoms with E-state index in [4.69, 9.17) is 8.23 Å². The van der Waals surface area contributed by atoms with Crippen LogP contribution >= 0.6 is 0 Å². The number of fused-ring (bicyclic) bond motifs is 1. The fourth-order valence-corrected chi connectivity index (χ4v) is 6.03. The van der Waals surface area contributed by atoms with E-state index in [0.717, 1.165) is 0 Å². The van der Waals surface area contributed by atoms with Gasteiger partial charge in [-0.3, -0.25) is 0 Å². The molecule has 6 heavy (non-hydrogen) atoms. The topological polar surface area (TPSA) is 18.5 Å². The lowest BCUT2D eigenvalue weighted by atomic mass is 11.0. The van der Waals surface area contributed by atoms with Crippen molar-refractivity contribution in [2.75, 3.05) is 0 Å². The van der Waals surface area contributed by atoms with Crippen LogP contribution < -0.4 is 0 Å². The first-order valence-electron chi connectivity index (χ1n) is 2.02. The summed E-state index contributed by atoms with van der Waals surface area (Å²) < 4.78 is 10.5. The highest BCUT2D eigenvalue weighted by molar-refractivity contribution is 6.78. The van der Waals surface area contributed by atoms with E-state index in [1.807, 2.05) is 0 Å². The van der Waals surface area contributed by atoms with Crippen LogP contribution in [0.25, 0.3) is 0 Å². The van der Waals surface area contributed by atoms with Crippen LogP contribution in [-0.2, 0) is 8.23 Å². The van der Waals surface area contributed by atoms with Crippen molar-refractivity contribution in [3.8, 4) is 0 Å². The summed E-state index contributed by atoms with van der Waals surface area (Å²) in [5, 5.41) is 0. The Labute approximate surface area is 39.8 Å². The molecule has 3 aliphatic heterocycles. The molecule has 32 valence electrons. The van der Waals surface area contributed by atoms with Crippen LogP contribution in [0.2, 0.25) is 12.1 Å². The molecule has 0 atom stereocenters. The zero-order valence-electron chi connectivity index (χ0n) is 3.23. The van der Waals surface area contributed by atoms with Gasteiger partial charge < -0.3 is 8.23 Å². The van der Waals surface area contributed by atoms with Gasteiger partial charge in [-0.1, -0.05) is 0 Å². The molecule has 2 radical (unpaired) electrons. The molecule has 0 unspecified atom stereocenters. The summed E-state index contributed by atoms with van der Waals surface area (Å²) in [6.07, 6.45) is 0. The molecule has 0 amide bonds. The minimum Gasteiger partial charge on any atom is -0.414 e. The second-order valence-electron chi connectivity index (χ2n) is 1.45. The minimum atomic E-state index is -0.568. The monoisotopic (exact) mass is 116 g/mol. The Morgan fingerprint density at radius 2 is 1.50 bits per heavy atom. The molecule has 3 aliphatic rings. The average molecular weight is 116 g/mol. The van der Waals surface area contributed by atoms with E-state index >= 15 is 0 Å². The van der Waals surface area contributed by atoms with Crippen molar-refractivity contribution >= 4 is 18.6 Å². The van der Waals surface area contributed by atoms with Crippen LogP contribution in [0.3, 0.4) is 0 Å². The van der Waals surface area contributed by atoms with Gasteiger partial charge >= 0.3 is 18.6 Å². The third-order valence-corrected chi connectivity index (χ3v) is 6.45. The fraction of sp³-hybridized carbons (Fsp3) is 1.00. The highest BCUT2D eigenvalue weighted by Gasteiger charge is 2.45. The van der Waals surface area contributed by atoms with Gasteiger partial charge in [-0.05, 0) is 12.1 Å². The Balaban J connectivity index is 2.16. The highest BCUT2D eigenvalue weighted by atomic mass is 28.5. The molecule has 0 saturated carbocycles. The Morgan fingerprint density at radius 1 is 1.00 bits per heavy atom. The molecule has 4 heteroatoms. The Hall–Kier alpha value is 0.354. The quantitative estimate of drug-likeness (QED) is 0.415. The zero-order chi connectivity index (χ0) is 3.98. The molecule has 3 fully saturated rings. The van der Waals surface area contributed by atoms with Crippen LogP contribution in [0.15, 0.2) is 0 Å². The Bertz CT molecular complexity index is 56.4. The van der Waals surface area contributed by atoms with E-state index in [0.29, 0.717) is 0 Å². The maximum absolute atomic E-state index is 5.23. The summed E-state index contributed by atoms with van der Waals surface area (Å²) in [5.74, 6) is 0. The third-order valence-electron chi connectivity index (χ3n) is 0.989. The molecule has 3 saturated heterocycles. The zero-order valence-corrected chi connectivity index (χ0v) is 5.23. The first-order valence-corrected chi connectivity index (χ1v) is 5.07. The standard InChI is InChI=1S/C2H4O2Si2/c1-2-6-3-5(1)4-6/h1-2H2. The van der Waals surface area contributed by atoms with Crippen molar-refractivity contribution in [2.45, 2.75) is 12.1 Å². The van der Waals surface area contributed by atoms with Crippen molar-refractivity contribution in [3.05, 3.63) is 0 Å². The van der Waals surface area contributed by atoms with Gasteiger partial charge in [0.1, 0.15) is 0 Å². The molecule has 0 aromatic heterocycles. The molecular weight excluding hydrogens is 112 g/mol. The van der Waals surface area contributed by atoms with Crippen LogP contribution in [0.1, 0.15) is 0 Å². The van der Waals surface area contributed by atoms with E-state index in [1.165, 1.54) is 12.1 Å². The minimum absolute atomic E-state index is 0.568. The second kappa shape index (κ2) is 0.947. The van der Waals surface area contributed by atoms with Crippen LogP contribution in [0, 0.1) is 0 Å². The Morgan fingerprint density at radius 3 is 1.67 bits per heavy atom. The van der Waals surface area contributed by atoms with Gasteiger partial charge in [0.15, 0.2) is 0 Å². The third kappa shape index (κ3) is 0.275. The SMILES string of the molecule is C1C[Si]2O[Si]1O2. The summed E-state index contributed by atoms with van der Waals surface area (Å²) in [7, 11) is -1.14. The first kappa shape index (κ1) is 3.37. The van der Waals surface area contributed by atoms with Crippen LogP contribution in [-0.4, -0.2) is 18.6 Å². The van der Waals surface area contributed by atoms with E-state index in [-0.39, 0.29) is 0 Å². The number of hydrogen-bond donors (Lipinski definition) is 0. The summed E-state index contributed by atoms with van der Waals surface area (Å²) in [4.78, 5) is 0. The van der Waals surface area contributed by atoms with Gasteiger partial charge in [0.2, 0.25) is 0 Å². The largest absolute Gasteiger partial charge is 0.414 e.